The molecule has 3 heterocycles. The van der Waals surface area contributed by atoms with Crippen molar-refractivity contribution in [2.75, 3.05) is 30.0 Å². The Bertz CT molecular complexity index is 827. The molecule has 1 saturated heterocycles. The molecule has 2 N–H and O–H groups in total. The number of carbonyl (C=O) groups is 2. The van der Waals surface area contributed by atoms with E-state index in [4.69, 9.17) is 9.47 Å². The lowest BCUT2D eigenvalue weighted by Crippen LogP contribution is -2.39. The van der Waals surface area contributed by atoms with Crippen molar-refractivity contribution in [1.29, 1.82) is 0 Å². The van der Waals surface area contributed by atoms with E-state index in [2.05, 4.69) is 15.6 Å². The van der Waals surface area contributed by atoms with Gasteiger partial charge in [0, 0.05) is 30.9 Å². The van der Waals surface area contributed by atoms with Gasteiger partial charge < -0.3 is 25.0 Å². The predicted octanol–water partition coefficient (Wildman–Crippen LogP) is 1.78. The second kappa shape index (κ2) is 6.91. The van der Waals surface area contributed by atoms with Crippen LogP contribution in [0.15, 0.2) is 42.7 Å². The van der Waals surface area contributed by atoms with Crippen molar-refractivity contribution >= 4 is 23.3 Å². The quantitative estimate of drug-likeness (QED) is 0.876. The Balaban J connectivity index is 1.40. The van der Waals surface area contributed by atoms with E-state index in [1.54, 1.807) is 41.6 Å². The number of urea groups is 1. The van der Waals surface area contributed by atoms with E-state index in [1.807, 2.05) is 6.07 Å². The Hall–Kier alpha value is -3.29. The average molecular weight is 354 g/mol. The second-order valence-electron chi connectivity index (χ2n) is 6.07. The molecule has 1 aromatic carbocycles. The minimum absolute atomic E-state index is 0.0478. The first kappa shape index (κ1) is 16.2. The summed E-state index contributed by atoms with van der Waals surface area (Å²) in [4.78, 5) is 30.0. The van der Waals surface area contributed by atoms with Crippen molar-refractivity contribution in [1.82, 2.24) is 10.3 Å². The highest BCUT2D eigenvalue weighted by Gasteiger charge is 2.32. The molecule has 0 unspecified atom stereocenters. The number of amides is 3. The summed E-state index contributed by atoms with van der Waals surface area (Å²) < 4.78 is 11.1. The fraction of sp³-hybridized carbons (Fsp3) is 0.278. The third kappa shape index (κ3) is 3.39. The maximum atomic E-state index is 12.4. The van der Waals surface area contributed by atoms with Gasteiger partial charge in [0.2, 0.25) is 5.91 Å². The van der Waals surface area contributed by atoms with Crippen molar-refractivity contribution in [2.45, 2.75) is 12.5 Å². The molecule has 0 aliphatic carbocycles. The van der Waals surface area contributed by atoms with Gasteiger partial charge in [-0.05, 0) is 24.3 Å². The zero-order valence-corrected chi connectivity index (χ0v) is 14.0. The summed E-state index contributed by atoms with van der Waals surface area (Å²) >= 11 is 0. The molecule has 26 heavy (non-hydrogen) atoms. The fourth-order valence-electron chi connectivity index (χ4n) is 3.04. The van der Waals surface area contributed by atoms with Crippen LogP contribution in [-0.2, 0) is 4.79 Å². The fourth-order valence-corrected chi connectivity index (χ4v) is 3.04. The highest BCUT2D eigenvalue weighted by molar-refractivity contribution is 5.98. The molecule has 8 nitrogen and oxygen atoms in total. The molecule has 134 valence electrons. The molecule has 1 atom stereocenters. The van der Waals surface area contributed by atoms with Gasteiger partial charge in [-0.1, -0.05) is 0 Å². The standard InChI is InChI=1S/C18H18N4O4/c23-17-8-13(21-18(24)20-12-2-1-5-19-10-12)11-22(17)14-3-4-15-16(9-14)26-7-6-25-15/h1-5,9-10,13H,6-8,11H2,(H2,20,21,24)/t13-/m1/s1. The number of nitrogens with zero attached hydrogens (tertiary/aromatic N) is 2. The van der Waals surface area contributed by atoms with Crippen molar-refractivity contribution in [3.8, 4) is 11.5 Å². The number of hydrogen-bond acceptors (Lipinski definition) is 5. The van der Waals surface area contributed by atoms with E-state index < -0.39 is 0 Å². The normalized spacial score (nSPS) is 18.5. The lowest BCUT2D eigenvalue weighted by Gasteiger charge is -2.22. The Labute approximate surface area is 150 Å². The van der Waals surface area contributed by atoms with E-state index in [0.717, 1.165) is 5.69 Å². The van der Waals surface area contributed by atoms with Gasteiger partial charge in [-0.25, -0.2) is 4.79 Å². The molecule has 0 radical (unpaired) electrons. The van der Waals surface area contributed by atoms with Gasteiger partial charge in [-0.3, -0.25) is 9.78 Å². The molecule has 1 fully saturated rings. The summed E-state index contributed by atoms with van der Waals surface area (Å²) in [6, 6.07) is 8.26. The monoisotopic (exact) mass is 354 g/mol. The van der Waals surface area contributed by atoms with Gasteiger partial charge in [-0.2, -0.15) is 0 Å². The summed E-state index contributed by atoms with van der Waals surface area (Å²) in [6.45, 7) is 1.41. The van der Waals surface area contributed by atoms with E-state index in [-0.39, 0.29) is 24.4 Å². The number of hydrogen-bond donors (Lipinski definition) is 2. The van der Waals surface area contributed by atoms with Crippen LogP contribution in [0.3, 0.4) is 0 Å². The van der Waals surface area contributed by atoms with Crippen LogP contribution in [0.2, 0.25) is 0 Å². The van der Waals surface area contributed by atoms with Crippen molar-refractivity contribution in [3.05, 3.63) is 42.7 Å². The van der Waals surface area contributed by atoms with Crippen LogP contribution in [0, 0.1) is 0 Å². The number of benzene rings is 1. The average Bonchev–Trinajstić information content (AvgIpc) is 3.02. The molecule has 8 heteroatoms. The van der Waals surface area contributed by atoms with Gasteiger partial charge in [0.15, 0.2) is 11.5 Å². The first-order valence-electron chi connectivity index (χ1n) is 8.36. The van der Waals surface area contributed by atoms with Crippen LogP contribution < -0.4 is 25.0 Å². The highest BCUT2D eigenvalue weighted by Crippen LogP contribution is 2.35. The van der Waals surface area contributed by atoms with Crippen molar-refractivity contribution in [2.24, 2.45) is 0 Å². The molecule has 2 aliphatic rings. The summed E-state index contributed by atoms with van der Waals surface area (Å²) in [5, 5.41) is 5.52. The first-order valence-corrected chi connectivity index (χ1v) is 8.36. The Morgan fingerprint density at radius 2 is 2.04 bits per heavy atom. The van der Waals surface area contributed by atoms with E-state index >= 15 is 0 Å². The number of rotatable bonds is 3. The predicted molar refractivity (Wildman–Crippen MR) is 94.6 cm³/mol. The minimum Gasteiger partial charge on any atom is -0.486 e. The molecule has 0 saturated carbocycles. The van der Waals surface area contributed by atoms with Gasteiger partial charge in [0.25, 0.3) is 0 Å². The Morgan fingerprint density at radius 1 is 1.19 bits per heavy atom. The summed E-state index contributed by atoms with van der Waals surface area (Å²) in [5.74, 6) is 1.26. The topological polar surface area (TPSA) is 92.8 Å². The van der Waals surface area contributed by atoms with Crippen LogP contribution >= 0.6 is 0 Å². The number of pyridine rings is 1. The number of nitrogens with one attached hydrogen (secondary N) is 2. The number of fused-ring (bicyclic) bond motifs is 1. The molecule has 2 aliphatic heterocycles. The summed E-state index contributed by atoms with van der Waals surface area (Å²) in [6.07, 6.45) is 3.43. The lowest BCUT2D eigenvalue weighted by atomic mass is 10.2. The van der Waals surface area contributed by atoms with Gasteiger partial charge in [0.05, 0.1) is 17.9 Å². The minimum atomic E-state index is -0.361. The van der Waals surface area contributed by atoms with Gasteiger partial charge in [-0.15, -0.1) is 0 Å². The largest absolute Gasteiger partial charge is 0.486 e. The molecule has 4 rings (SSSR count). The number of carbonyl (C=O) groups excluding carboxylic acids is 2. The molecule has 1 aromatic heterocycles. The molecule has 0 spiro atoms. The molecular weight excluding hydrogens is 336 g/mol. The van der Waals surface area contributed by atoms with E-state index in [1.165, 1.54) is 0 Å². The zero-order valence-electron chi connectivity index (χ0n) is 14.0. The first-order chi connectivity index (χ1) is 12.7. The Kier molecular flexibility index (Phi) is 4.30. The maximum Gasteiger partial charge on any atom is 0.319 e. The smallest absolute Gasteiger partial charge is 0.319 e. The summed E-state index contributed by atoms with van der Waals surface area (Å²) in [5.41, 5.74) is 1.33. The lowest BCUT2D eigenvalue weighted by molar-refractivity contribution is -0.117. The molecule has 3 amide bonds. The van der Waals surface area contributed by atoms with Crippen LogP contribution in [-0.4, -0.2) is 42.7 Å². The maximum absolute atomic E-state index is 12.4. The third-order valence-electron chi connectivity index (χ3n) is 4.22. The zero-order chi connectivity index (χ0) is 17.9. The molecule has 2 aromatic rings. The number of aromatic nitrogens is 1. The van der Waals surface area contributed by atoms with Gasteiger partial charge in [0.1, 0.15) is 13.2 Å². The summed E-state index contributed by atoms with van der Waals surface area (Å²) in [7, 11) is 0. The Morgan fingerprint density at radius 3 is 2.85 bits per heavy atom. The SMILES string of the molecule is O=C(Nc1cccnc1)N[C@@H]1CC(=O)N(c2ccc3c(c2)OCCO3)C1. The second-order valence-corrected chi connectivity index (χ2v) is 6.07. The van der Waals surface area contributed by atoms with Crippen LogP contribution in [0.1, 0.15) is 6.42 Å². The number of ether oxygens (including phenoxy) is 2. The van der Waals surface area contributed by atoms with Crippen molar-refractivity contribution in [3.63, 3.8) is 0 Å². The van der Waals surface area contributed by atoms with E-state index in [0.29, 0.717) is 36.9 Å². The van der Waals surface area contributed by atoms with Crippen LogP contribution in [0.5, 0.6) is 11.5 Å². The third-order valence-corrected chi connectivity index (χ3v) is 4.22. The van der Waals surface area contributed by atoms with E-state index in [9.17, 15) is 9.59 Å². The van der Waals surface area contributed by atoms with Gasteiger partial charge >= 0.3 is 6.03 Å². The van der Waals surface area contributed by atoms with Crippen LogP contribution in [0.4, 0.5) is 16.2 Å². The molecular formula is C18H18N4O4. The highest BCUT2D eigenvalue weighted by atomic mass is 16.6. The number of anilines is 2. The van der Waals surface area contributed by atoms with Crippen molar-refractivity contribution < 1.29 is 19.1 Å². The molecule has 0 bridgehead atoms. The van der Waals surface area contributed by atoms with Crippen LogP contribution in [0.25, 0.3) is 0 Å².